The Kier molecular flexibility index (Phi) is 13.4. The molecule has 2 aromatic carbocycles. The summed E-state index contributed by atoms with van der Waals surface area (Å²) in [5.74, 6) is -2.51. The van der Waals surface area contributed by atoms with Crippen LogP contribution >= 0.6 is 0 Å². The smallest absolute Gasteiger partial charge is 0.407 e. The first-order chi connectivity index (χ1) is 26.6. The van der Waals surface area contributed by atoms with E-state index in [-0.39, 0.29) is 41.2 Å². The van der Waals surface area contributed by atoms with Gasteiger partial charge in [-0.15, -0.1) is 0 Å². The highest BCUT2D eigenvalue weighted by Gasteiger charge is 2.53. The third-order valence-corrected chi connectivity index (χ3v) is 16.4. The highest BCUT2D eigenvalue weighted by atomic mass is 28.4. The molecule has 0 saturated carbocycles. The van der Waals surface area contributed by atoms with Crippen LogP contribution in [0, 0.1) is 28.9 Å². The lowest BCUT2D eigenvalue weighted by atomic mass is 9.81. The van der Waals surface area contributed by atoms with Gasteiger partial charge in [0.1, 0.15) is 29.7 Å². The molecular formula is C43H60F2N4O7Si. The second-order valence-corrected chi connectivity index (χ2v) is 23.0. The molecule has 0 radical (unpaired) electrons. The van der Waals surface area contributed by atoms with Crippen LogP contribution in [0.5, 0.6) is 0 Å². The number of hydrogen-bond acceptors (Lipinski definition) is 7. The Morgan fingerprint density at radius 2 is 1.68 bits per heavy atom. The number of carboxylic acid groups (broad SMARTS) is 1. The largest absolute Gasteiger partial charge is 0.465 e. The number of imidazole rings is 1. The van der Waals surface area contributed by atoms with Gasteiger partial charge in [0.05, 0.1) is 17.8 Å². The lowest BCUT2D eigenvalue weighted by molar-refractivity contribution is -0.153. The first-order valence-corrected chi connectivity index (χ1v) is 22.8. The number of aromatic nitrogens is 2. The van der Waals surface area contributed by atoms with Gasteiger partial charge in [0, 0.05) is 57.4 Å². The lowest BCUT2D eigenvalue weighted by Gasteiger charge is -2.43. The zero-order valence-corrected chi connectivity index (χ0v) is 36.1. The SMILES string of the molecule is CC(=O)O[C@H]1C(C(C)(C)C)N(C(=O)O)C[C@H]1CN(C(=O)C(C)O[Si](C)(C)C(C)(C)C)[C@@H](c1nc(-c2cc(F)ccc2F)cn1Cc1ccccc1)C1CCOCC1. The minimum absolute atomic E-state index is 0.00220. The molecule has 57 heavy (non-hydrogen) atoms. The van der Waals surface area contributed by atoms with Crippen molar-refractivity contribution in [3.8, 4) is 11.3 Å². The topological polar surface area (TPSA) is 123 Å². The summed E-state index contributed by atoms with van der Waals surface area (Å²) in [7, 11) is -2.51. The van der Waals surface area contributed by atoms with Crippen LogP contribution in [0.4, 0.5) is 13.6 Å². The quantitative estimate of drug-likeness (QED) is 0.143. The molecule has 1 aromatic heterocycles. The second kappa shape index (κ2) is 17.4. The number of halogens is 2. The molecule has 3 heterocycles. The van der Waals surface area contributed by atoms with Gasteiger partial charge in [-0.25, -0.2) is 18.6 Å². The Morgan fingerprint density at radius 3 is 2.26 bits per heavy atom. The van der Waals surface area contributed by atoms with E-state index in [2.05, 4.69) is 33.9 Å². The molecule has 2 aliphatic heterocycles. The van der Waals surface area contributed by atoms with E-state index in [4.69, 9.17) is 18.9 Å². The first-order valence-electron chi connectivity index (χ1n) is 19.9. The molecule has 1 N–H and O–H groups in total. The lowest BCUT2D eigenvalue weighted by Crippen LogP contribution is -2.53. The standard InChI is InChI=1S/C43H60F2N4O7Si/c1-27(56-57(9,10)43(6,7)8)40(51)48(24-31-25-49(41(52)53)38(42(3,4)5)37(31)55-28(2)50)36(30-18-20-54-21-19-30)39-46-35(33-22-32(44)16-17-34(33)45)26-47(39)23-29-14-12-11-13-15-29/h11-17,22,26-27,30-31,36-38H,18-21,23-25H2,1-10H3,(H,52,53)/t27?,31-,36-,37-,38?/m1/s1. The predicted molar refractivity (Wildman–Crippen MR) is 216 cm³/mol. The van der Waals surface area contributed by atoms with Gasteiger partial charge >= 0.3 is 12.1 Å². The normalized spacial score (nSPS) is 20.6. The van der Waals surface area contributed by atoms with Gasteiger partial charge in [0.25, 0.3) is 5.91 Å². The molecule has 0 spiro atoms. The van der Waals surface area contributed by atoms with Crippen LogP contribution < -0.4 is 0 Å². The molecule has 11 nitrogen and oxygen atoms in total. The van der Waals surface area contributed by atoms with E-state index in [0.29, 0.717) is 38.4 Å². The maximum absolute atomic E-state index is 15.5. The van der Waals surface area contributed by atoms with Crippen molar-refractivity contribution in [1.82, 2.24) is 19.4 Å². The molecule has 2 fully saturated rings. The Morgan fingerprint density at radius 1 is 1.04 bits per heavy atom. The monoisotopic (exact) mass is 810 g/mol. The van der Waals surface area contributed by atoms with Gasteiger partial charge in [0.15, 0.2) is 8.32 Å². The average Bonchev–Trinajstić information content (AvgIpc) is 3.70. The van der Waals surface area contributed by atoms with Crippen LogP contribution in [0.25, 0.3) is 11.3 Å². The first kappa shape index (κ1) is 44.0. The summed E-state index contributed by atoms with van der Waals surface area (Å²) >= 11 is 0. The zero-order chi connectivity index (χ0) is 42.0. The zero-order valence-electron chi connectivity index (χ0n) is 35.1. The van der Waals surface area contributed by atoms with Crippen molar-refractivity contribution in [2.45, 2.75) is 117 Å². The molecular weight excluding hydrogens is 751 g/mol. The van der Waals surface area contributed by atoms with E-state index < -0.39 is 67.6 Å². The molecule has 2 unspecified atom stereocenters. The summed E-state index contributed by atoms with van der Waals surface area (Å²) < 4.78 is 50.6. The van der Waals surface area contributed by atoms with Gasteiger partial charge < -0.3 is 33.4 Å². The van der Waals surface area contributed by atoms with Crippen LogP contribution in [0.2, 0.25) is 18.1 Å². The molecule has 5 atom stereocenters. The summed E-state index contributed by atoms with van der Waals surface area (Å²) in [6, 6.07) is 11.5. The minimum atomic E-state index is -2.51. The van der Waals surface area contributed by atoms with E-state index in [9.17, 15) is 19.1 Å². The predicted octanol–water partition coefficient (Wildman–Crippen LogP) is 8.54. The Balaban J connectivity index is 1.74. The van der Waals surface area contributed by atoms with Gasteiger partial charge in [-0.05, 0) is 73.0 Å². The van der Waals surface area contributed by atoms with Crippen LogP contribution in [0.15, 0.2) is 54.7 Å². The van der Waals surface area contributed by atoms with Crippen molar-refractivity contribution in [2.24, 2.45) is 17.3 Å². The number of nitrogens with zero attached hydrogens (tertiary/aromatic N) is 4. The number of ether oxygens (including phenoxy) is 2. The number of carbonyl (C=O) groups is 3. The van der Waals surface area contributed by atoms with Crippen molar-refractivity contribution >= 4 is 26.3 Å². The number of esters is 1. The molecule has 0 aliphatic carbocycles. The molecule has 2 saturated heterocycles. The second-order valence-electron chi connectivity index (χ2n) is 18.2. The molecule has 14 heteroatoms. The van der Waals surface area contributed by atoms with E-state index in [1.54, 1.807) is 18.0 Å². The van der Waals surface area contributed by atoms with Crippen molar-refractivity contribution in [3.05, 3.63) is 77.8 Å². The minimum Gasteiger partial charge on any atom is -0.465 e. The van der Waals surface area contributed by atoms with E-state index in [1.165, 1.54) is 11.8 Å². The van der Waals surface area contributed by atoms with Crippen LogP contribution in [-0.4, -0.2) is 95.3 Å². The highest BCUT2D eigenvalue weighted by Crippen LogP contribution is 2.43. The molecule has 0 bridgehead atoms. The van der Waals surface area contributed by atoms with Crippen LogP contribution in [-0.2, 0) is 30.0 Å². The van der Waals surface area contributed by atoms with Crippen molar-refractivity contribution in [3.63, 3.8) is 0 Å². The third kappa shape index (κ3) is 10.1. The van der Waals surface area contributed by atoms with Gasteiger partial charge in [-0.1, -0.05) is 71.9 Å². The molecule has 2 aliphatic rings. The van der Waals surface area contributed by atoms with E-state index in [1.807, 2.05) is 55.7 Å². The van der Waals surface area contributed by atoms with Gasteiger partial charge in [-0.3, -0.25) is 9.59 Å². The maximum Gasteiger partial charge on any atom is 0.407 e. The van der Waals surface area contributed by atoms with Gasteiger partial charge in [0.2, 0.25) is 0 Å². The van der Waals surface area contributed by atoms with Gasteiger partial charge in [-0.2, -0.15) is 0 Å². The van der Waals surface area contributed by atoms with Crippen molar-refractivity contribution in [2.75, 3.05) is 26.3 Å². The molecule has 5 rings (SSSR count). The number of carbonyl (C=O) groups excluding carboxylic acids is 2. The fraction of sp³-hybridized carbons (Fsp3) is 0.581. The molecule has 3 aromatic rings. The summed E-state index contributed by atoms with van der Waals surface area (Å²) in [5.41, 5.74) is 0.488. The summed E-state index contributed by atoms with van der Waals surface area (Å²) in [4.78, 5) is 49.0. The summed E-state index contributed by atoms with van der Waals surface area (Å²) in [5, 5.41) is 10.3. The number of hydrogen-bond donors (Lipinski definition) is 1. The Bertz CT molecular complexity index is 1890. The third-order valence-electron chi connectivity index (χ3n) is 11.8. The number of amides is 2. The molecule has 2 amide bonds. The molecule has 312 valence electrons. The number of likely N-dealkylation sites (tertiary alicyclic amines) is 1. The fourth-order valence-corrected chi connectivity index (χ4v) is 9.44. The van der Waals surface area contributed by atoms with Crippen molar-refractivity contribution < 1.29 is 42.2 Å². The number of benzene rings is 2. The summed E-state index contributed by atoms with van der Waals surface area (Å²) in [6.45, 7) is 20.4. The average molecular weight is 811 g/mol. The maximum atomic E-state index is 15.5. The van der Waals surface area contributed by atoms with Crippen molar-refractivity contribution in [1.29, 1.82) is 0 Å². The highest BCUT2D eigenvalue weighted by molar-refractivity contribution is 6.74. The van der Waals surface area contributed by atoms with Crippen LogP contribution in [0.3, 0.4) is 0 Å². The fourth-order valence-electron chi connectivity index (χ4n) is 8.11. The Labute approximate surface area is 336 Å². The van der Waals surface area contributed by atoms with E-state index >= 15 is 9.18 Å². The number of rotatable bonds is 12. The Hall–Kier alpha value is -4.14. The van der Waals surface area contributed by atoms with E-state index in [0.717, 1.165) is 23.8 Å². The summed E-state index contributed by atoms with van der Waals surface area (Å²) in [6.07, 6.45) is -0.0994. The van der Waals surface area contributed by atoms with Crippen LogP contribution in [0.1, 0.15) is 85.7 Å².